The number of methoxy groups -OCH3 is 1. The van der Waals surface area contributed by atoms with Crippen molar-refractivity contribution in [3.05, 3.63) is 41.2 Å². The first-order valence-corrected chi connectivity index (χ1v) is 6.30. The summed E-state index contributed by atoms with van der Waals surface area (Å²) in [5.74, 6) is -0.701. The van der Waals surface area contributed by atoms with E-state index in [0.29, 0.717) is 16.5 Å². The summed E-state index contributed by atoms with van der Waals surface area (Å²) in [4.78, 5) is 30.9. The molecule has 2 aromatic heterocycles. The highest BCUT2D eigenvalue weighted by molar-refractivity contribution is 7.14. The number of carbonyl (C=O) groups is 2. The molecule has 2 aromatic rings. The van der Waals surface area contributed by atoms with Crippen LogP contribution in [-0.2, 0) is 16.0 Å². The van der Waals surface area contributed by atoms with Gasteiger partial charge in [-0.25, -0.2) is 4.98 Å². The van der Waals surface area contributed by atoms with Crippen LogP contribution < -0.4 is 5.32 Å². The molecule has 0 aliphatic heterocycles. The van der Waals surface area contributed by atoms with Gasteiger partial charge in [-0.1, -0.05) is 6.07 Å². The van der Waals surface area contributed by atoms with Crippen molar-refractivity contribution in [2.75, 3.05) is 12.4 Å². The molecule has 0 aromatic carbocycles. The number of thiazole rings is 1. The third-order valence-electron chi connectivity index (χ3n) is 2.22. The molecule has 7 heteroatoms. The van der Waals surface area contributed by atoms with Crippen LogP contribution in [0.1, 0.15) is 16.2 Å². The molecular weight excluding hydrogens is 266 g/mol. The average molecular weight is 277 g/mol. The van der Waals surface area contributed by atoms with Crippen molar-refractivity contribution >= 4 is 28.3 Å². The van der Waals surface area contributed by atoms with Gasteiger partial charge in [0.05, 0.1) is 19.2 Å². The molecule has 1 N–H and O–H groups in total. The summed E-state index contributed by atoms with van der Waals surface area (Å²) >= 11 is 1.25. The van der Waals surface area contributed by atoms with E-state index in [-0.39, 0.29) is 18.3 Å². The van der Waals surface area contributed by atoms with Gasteiger partial charge in [0.2, 0.25) is 0 Å². The molecule has 6 nitrogen and oxygen atoms in total. The Kier molecular flexibility index (Phi) is 4.19. The fourth-order valence-corrected chi connectivity index (χ4v) is 2.03. The zero-order valence-electron chi connectivity index (χ0n) is 10.1. The minimum atomic E-state index is -0.368. The number of nitrogens with zero attached hydrogens (tertiary/aromatic N) is 2. The number of amides is 1. The van der Waals surface area contributed by atoms with Crippen LogP contribution in [0.25, 0.3) is 0 Å². The van der Waals surface area contributed by atoms with Crippen LogP contribution in [0.5, 0.6) is 0 Å². The van der Waals surface area contributed by atoms with Gasteiger partial charge >= 0.3 is 5.97 Å². The second kappa shape index (κ2) is 6.05. The van der Waals surface area contributed by atoms with Gasteiger partial charge in [-0.2, -0.15) is 0 Å². The van der Waals surface area contributed by atoms with Gasteiger partial charge in [-0.3, -0.25) is 19.9 Å². The minimum absolute atomic E-state index is 0.0897. The number of anilines is 1. The first-order chi connectivity index (χ1) is 9.19. The summed E-state index contributed by atoms with van der Waals surface area (Å²) in [7, 11) is 1.32. The van der Waals surface area contributed by atoms with Crippen LogP contribution >= 0.6 is 11.3 Å². The number of ether oxygens (including phenoxy) is 1. The Bertz CT molecular complexity index is 583. The molecule has 0 saturated carbocycles. The van der Waals surface area contributed by atoms with E-state index in [0.717, 1.165) is 0 Å². The van der Waals surface area contributed by atoms with Gasteiger partial charge in [0.1, 0.15) is 5.69 Å². The number of esters is 1. The lowest BCUT2D eigenvalue weighted by atomic mass is 10.3. The van der Waals surface area contributed by atoms with E-state index in [4.69, 9.17) is 0 Å². The van der Waals surface area contributed by atoms with Crippen LogP contribution in [0, 0.1) is 0 Å². The van der Waals surface area contributed by atoms with E-state index in [1.807, 2.05) is 0 Å². The van der Waals surface area contributed by atoms with Gasteiger partial charge in [-0.05, 0) is 12.1 Å². The number of pyridine rings is 1. The second-order valence-corrected chi connectivity index (χ2v) is 4.42. The zero-order chi connectivity index (χ0) is 13.7. The molecule has 0 radical (unpaired) electrons. The maximum Gasteiger partial charge on any atom is 0.311 e. The molecule has 2 rings (SSSR count). The van der Waals surface area contributed by atoms with Crippen LogP contribution in [-0.4, -0.2) is 29.0 Å². The van der Waals surface area contributed by atoms with E-state index >= 15 is 0 Å². The Morgan fingerprint density at radius 3 is 2.95 bits per heavy atom. The monoisotopic (exact) mass is 277 g/mol. The SMILES string of the molecule is COC(=O)Cc1csc(NC(=O)c2ccccn2)n1. The summed E-state index contributed by atoms with van der Waals surface area (Å²) in [6.07, 6.45) is 1.63. The highest BCUT2D eigenvalue weighted by atomic mass is 32.1. The number of nitrogens with one attached hydrogen (secondary N) is 1. The predicted molar refractivity (Wildman–Crippen MR) is 70.0 cm³/mol. The molecule has 0 fully saturated rings. The summed E-state index contributed by atoms with van der Waals surface area (Å²) < 4.78 is 4.54. The third-order valence-corrected chi connectivity index (χ3v) is 3.03. The molecule has 0 bridgehead atoms. The highest BCUT2D eigenvalue weighted by Gasteiger charge is 2.11. The van der Waals surface area contributed by atoms with Crippen molar-refractivity contribution < 1.29 is 14.3 Å². The Balaban J connectivity index is 2.00. The molecule has 0 aliphatic rings. The van der Waals surface area contributed by atoms with E-state index in [1.165, 1.54) is 18.4 Å². The van der Waals surface area contributed by atoms with Gasteiger partial charge in [0.15, 0.2) is 5.13 Å². The Morgan fingerprint density at radius 2 is 2.26 bits per heavy atom. The molecule has 98 valence electrons. The highest BCUT2D eigenvalue weighted by Crippen LogP contribution is 2.16. The standard InChI is InChI=1S/C12H11N3O3S/c1-18-10(16)6-8-7-19-12(14-8)15-11(17)9-4-2-3-5-13-9/h2-5,7H,6H2,1H3,(H,14,15,17). The van der Waals surface area contributed by atoms with Gasteiger partial charge in [0, 0.05) is 11.6 Å². The van der Waals surface area contributed by atoms with Crippen molar-refractivity contribution in [1.29, 1.82) is 0 Å². The Morgan fingerprint density at radius 1 is 1.42 bits per heavy atom. The maximum absolute atomic E-state index is 11.8. The molecule has 2 heterocycles. The zero-order valence-corrected chi connectivity index (χ0v) is 10.9. The predicted octanol–water partition coefficient (Wildman–Crippen LogP) is 1.51. The minimum Gasteiger partial charge on any atom is -0.469 e. The molecule has 0 atom stereocenters. The number of hydrogen-bond acceptors (Lipinski definition) is 6. The third kappa shape index (κ3) is 3.59. The van der Waals surface area contributed by atoms with Crippen molar-refractivity contribution in [2.24, 2.45) is 0 Å². The normalized spacial score (nSPS) is 9.95. The van der Waals surface area contributed by atoms with Crippen LogP contribution in [0.15, 0.2) is 29.8 Å². The Labute approximate surface area is 113 Å². The van der Waals surface area contributed by atoms with Crippen LogP contribution in [0.4, 0.5) is 5.13 Å². The fourth-order valence-electron chi connectivity index (χ4n) is 1.32. The number of aromatic nitrogens is 2. The molecule has 0 saturated heterocycles. The summed E-state index contributed by atoms with van der Waals surface area (Å²) in [6.45, 7) is 0. The molecule has 1 amide bonds. The lowest BCUT2D eigenvalue weighted by Gasteiger charge is -1.99. The van der Waals surface area contributed by atoms with E-state index in [2.05, 4.69) is 20.0 Å². The van der Waals surface area contributed by atoms with Crippen molar-refractivity contribution in [2.45, 2.75) is 6.42 Å². The number of carbonyl (C=O) groups excluding carboxylic acids is 2. The van der Waals surface area contributed by atoms with Crippen molar-refractivity contribution in [3.8, 4) is 0 Å². The lowest BCUT2D eigenvalue weighted by molar-refractivity contribution is -0.139. The molecule has 0 aliphatic carbocycles. The number of rotatable bonds is 4. The lowest BCUT2D eigenvalue weighted by Crippen LogP contribution is -2.13. The van der Waals surface area contributed by atoms with E-state index in [1.54, 1.807) is 29.8 Å². The van der Waals surface area contributed by atoms with Crippen molar-refractivity contribution in [1.82, 2.24) is 9.97 Å². The smallest absolute Gasteiger partial charge is 0.311 e. The maximum atomic E-state index is 11.8. The Hall–Kier alpha value is -2.28. The molecular formula is C12H11N3O3S. The molecule has 0 spiro atoms. The van der Waals surface area contributed by atoms with Gasteiger partial charge < -0.3 is 4.74 Å². The van der Waals surface area contributed by atoms with E-state index in [9.17, 15) is 9.59 Å². The first-order valence-electron chi connectivity index (χ1n) is 5.42. The van der Waals surface area contributed by atoms with Crippen LogP contribution in [0.2, 0.25) is 0 Å². The first kappa shape index (κ1) is 13.2. The van der Waals surface area contributed by atoms with Gasteiger partial charge in [-0.15, -0.1) is 11.3 Å². The van der Waals surface area contributed by atoms with Crippen LogP contribution in [0.3, 0.4) is 0 Å². The summed E-state index contributed by atoms with van der Waals surface area (Å²) in [6, 6.07) is 5.07. The summed E-state index contributed by atoms with van der Waals surface area (Å²) in [5, 5.41) is 4.75. The number of hydrogen-bond donors (Lipinski definition) is 1. The van der Waals surface area contributed by atoms with Gasteiger partial charge in [0.25, 0.3) is 5.91 Å². The fraction of sp³-hybridized carbons (Fsp3) is 0.167. The summed E-state index contributed by atoms with van der Waals surface area (Å²) in [5.41, 5.74) is 0.875. The van der Waals surface area contributed by atoms with Crippen molar-refractivity contribution in [3.63, 3.8) is 0 Å². The quantitative estimate of drug-likeness (QED) is 0.857. The molecule has 0 unspecified atom stereocenters. The topological polar surface area (TPSA) is 81.2 Å². The van der Waals surface area contributed by atoms with E-state index < -0.39 is 0 Å². The molecule has 19 heavy (non-hydrogen) atoms. The largest absolute Gasteiger partial charge is 0.469 e. The average Bonchev–Trinajstić information content (AvgIpc) is 2.86. The second-order valence-electron chi connectivity index (χ2n) is 3.57.